The van der Waals surface area contributed by atoms with Gasteiger partial charge in [-0.2, -0.15) is 0 Å². The van der Waals surface area contributed by atoms with E-state index in [2.05, 4.69) is 3.76 Å². The topological polar surface area (TPSA) is 9.23 Å². The van der Waals surface area contributed by atoms with E-state index in [9.17, 15) is 0 Å². The van der Waals surface area contributed by atoms with Crippen LogP contribution in [0.3, 0.4) is 0 Å². The number of hydrogen-bond donors (Lipinski definition) is 0. The summed E-state index contributed by atoms with van der Waals surface area (Å²) < 4.78 is 4.54. The fraction of sp³-hybridized carbons (Fsp3) is 1.00. The van der Waals surface area contributed by atoms with Crippen molar-refractivity contribution >= 4 is 16.9 Å². The van der Waals surface area contributed by atoms with Crippen LogP contribution in [0, 0.1) is 0 Å². The van der Waals surface area contributed by atoms with Gasteiger partial charge in [0.05, 0.1) is 0 Å². The molecule has 4 heavy (non-hydrogen) atoms. The van der Waals surface area contributed by atoms with Crippen LogP contribution in [0.15, 0.2) is 0 Å². The van der Waals surface area contributed by atoms with Crippen LogP contribution >= 0.6 is 0 Å². The van der Waals surface area contributed by atoms with Crippen LogP contribution in [-0.2, 0) is 3.76 Å². The van der Waals surface area contributed by atoms with Crippen LogP contribution in [0.5, 0.6) is 0 Å². The molecule has 1 nitrogen and oxygen atoms in total. The summed E-state index contributed by atoms with van der Waals surface area (Å²) in [4.78, 5) is 0. The van der Waals surface area contributed by atoms with E-state index in [0.717, 1.165) is 6.61 Å². The summed E-state index contributed by atoms with van der Waals surface area (Å²) in [5, 5.41) is 0. The molecule has 0 saturated heterocycles. The molecule has 0 aromatic heterocycles. The van der Waals surface area contributed by atoms with E-state index >= 15 is 0 Å². The van der Waals surface area contributed by atoms with Crippen molar-refractivity contribution < 1.29 is 3.76 Å². The van der Waals surface area contributed by atoms with Gasteiger partial charge in [0, 0.05) is 0 Å². The Labute approximate surface area is 34.9 Å². The van der Waals surface area contributed by atoms with Crippen molar-refractivity contribution in [1.82, 2.24) is 0 Å². The second-order valence-corrected chi connectivity index (χ2v) is 1.04. The molecule has 3 radical (unpaired) electrons. The van der Waals surface area contributed by atoms with Crippen molar-refractivity contribution in [1.29, 1.82) is 0 Å². The predicted octanol–water partition coefficient (Wildman–Crippen LogP) is 0.106. The quantitative estimate of drug-likeness (QED) is 0.443. The molecule has 0 saturated carbocycles. The van der Waals surface area contributed by atoms with Gasteiger partial charge in [-0.15, -0.1) is 0 Å². The van der Waals surface area contributed by atoms with Gasteiger partial charge in [-0.3, -0.25) is 0 Å². The van der Waals surface area contributed by atoms with Gasteiger partial charge < -0.3 is 0 Å². The molecule has 0 aromatic rings. The Hall–Kier alpha value is 0.503. The zero-order valence-electron chi connectivity index (χ0n) is 2.62. The van der Waals surface area contributed by atoms with Gasteiger partial charge in [0.2, 0.25) is 0 Å². The Balaban J connectivity index is 1.97. The van der Waals surface area contributed by atoms with E-state index < -0.39 is 0 Å². The van der Waals surface area contributed by atoms with Crippen LogP contribution in [0.1, 0.15) is 6.92 Å². The molecule has 0 heterocycles. The summed E-state index contributed by atoms with van der Waals surface area (Å²) in [5.74, 6) is 0. The molecule has 0 atom stereocenters. The number of hydrogen-bond acceptors (Lipinski definition) is 1. The first-order chi connectivity index (χ1) is 1.91. The van der Waals surface area contributed by atoms with E-state index in [-0.39, 0.29) is 0 Å². The molecule has 2 heteroatoms. The van der Waals surface area contributed by atoms with Gasteiger partial charge in [0.1, 0.15) is 0 Å². The van der Waals surface area contributed by atoms with Crippen LogP contribution in [-0.4, -0.2) is 23.5 Å². The third-order valence-corrected chi connectivity index (χ3v) is 0.750. The second-order valence-electron chi connectivity index (χ2n) is 0.433. The van der Waals surface area contributed by atoms with Crippen molar-refractivity contribution in [3.05, 3.63) is 0 Å². The summed E-state index contributed by atoms with van der Waals surface area (Å²) in [6.07, 6.45) is 0. The van der Waals surface area contributed by atoms with Gasteiger partial charge in [-0.25, -0.2) is 0 Å². The molecule has 0 N–H and O–H groups in total. The van der Waals surface area contributed by atoms with Gasteiger partial charge in [-0.1, -0.05) is 0 Å². The molecule has 0 amide bonds. The molecular formula is C2H5GeO. The Kier molecular flexibility index (Phi) is 3.94. The number of rotatable bonds is 1. The summed E-state index contributed by atoms with van der Waals surface area (Å²) in [7, 11) is 0. The standard InChI is InChI=1S/C2H5GeO/c1-2-4-3/h2H2,1H3. The Morgan fingerprint density at radius 1 is 2.00 bits per heavy atom. The monoisotopic (exact) mass is 119 g/mol. The minimum atomic E-state index is 0.819. The van der Waals surface area contributed by atoms with E-state index in [0.29, 0.717) is 0 Å². The third kappa shape index (κ3) is 2.50. The Bertz CT molecular complexity index is 8.00. The zero-order chi connectivity index (χ0) is 3.41. The van der Waals surface area contributed by atoms with Gasteiger partial charge in [-0.05, 0) is 0 Å². The average molecular weight is 118 g/mol. The first-order valence-electron chi connectivity index (χ1n) is 1.20. The van der Waals surface area contributed by atoms with Crippen molar-refractivity contribution in [2.24, 2.45) is 0 Å². The molecule has 0 aliphatic carbocycles. The Morgan fingerprint density at radius 2 is 2.25 bits per heavy atom. The summed E-state index contributed by atoms with van der Waals surface area (Å²) in [6.45, 7) is 2.78. The first-order valence-corrected chi connectivity index (χ1v) is 2.06. The van der Waals surface area contributed by atoms with E-state index in [4.69, 9.17) is 0 Å². The zero-order valence-corrected chi connectivity index (χ0v) is 4.71. The summed E-state index contributed by atoms with van der Waals surface area (Å²) >= 11 is 1.68. The van der Waals surface area contributed by atoms with Crippen LogP contribution in [0.2, 0.25) is 0 Å². The van der Waals surface area contributed by atoms with Crippen molar-refractivity contribution in [2.75, 3.05) is 6.61 Å². The Morgan fingerprint density at radius 3 is 2.25 bits per heavy atom. The van der Waals surface area contributed by atoms with Crippen molar-refractivity contribution in [3.63, 3.8) is 0 Å². The van der Waals surface area contributed by atoms with Crippen LogP contribution in [0.25, 0.3) is 0 Å². The van der Waals surface area contributed by atoms with Crippen molar-refractivity contribution in [2.45, 2.75) is 6.92 Å². The summed E-state index contributed by atoms with van der Waals surface area (Å²) in [6, 6.07) is 0. The van der Waals surface area contributed by atoms with Gasteiger partial charge in [0.15, 0.2) is 0 Å². The van der Waals surface area contributed by atoms with Gasteiger partial charge >= 0.3 is 34.1 Å². The normalized spacial score (nSPS) is 7.50. The molecule has 0 rings (SSSR count). The average Bonchev–Trinajstić information content (AvgIpc) is 1.37. The maximum absolute atomic E-state index is 4.54. The molecular weight excluding hydrogens is 113 g/mol. The third-order valence-electron chi connectivity index (χ3n) is 0.144. The fourth-order valence-electron chi connectivity index (χ4n) is 0. The second kappa shape index (κ2) is 3.50. The molecule has 0 fully saturated rings. The molecule has 0 aliphatic heterocycles. The van der Waals surface area contributed by atoms with E-state index in [1.807, 2.05) is 6.92 Å². The summed E-state index contributed by atoms with van der Waals surface area (Å²) in [5.41, 5.74) is 0. The molecule has 0 aromatic carbocycles. The predicted molar refractivity (Wildman–Crippen MR) is 17.4 cm³/mol. The van der Waals surface area contributed by atoms with Crippen molar-refractivity contribution in [3.8, 4) is 0 Å². The molecule has 23 valence electrons. The maximum atomic E-state index is 4.54. The van der Waals surface area contributed by atoms with E-state index in [1.54, 1.807) is 16.9 Å². The van der Waals surface area contributed by atoms with Gasteiger partial charge in [0.25, 0.3) is 0 Å². The molecule has 0 unspecified atom stereocenters. The van der Waals surface area contributed by atoms with E-state index in [1.165, 1.54) is 0 Å². The fourth-order valence-corrected chi connectivity index (χ4v) is 0. The van der Waals surface area contributed by atoms with Crippen LogP contribution < -0.4 is 0 Å². The molecule has 0 bridgehead atoms. The molecule has 0 aliphatic rings. The van der Waals surface area contributed by atoms with Crippen LogP contribution in [0.4, 0.5) is 0 Å². The first kappa shape index (κ1) is 4.50. The minimum absolute atomic E-state index is 0.819. The molecule has 0 spiro atoms. The SMILES string of the molecule is CC[O][Ge].